The molecule has 0 bridgehead atoms. The van der Waals surface area contributed by atoms with E-state index in [1.165, 1.54) is 6.33 Å². The lowest BCUT2D eigenvalue weighted by Crippen LogP contribution is -2.17. The molecule has 1 amide bonds. The van der Waals surface area contributed by atoms with E-state index in [4.69, 9.17) is 0 Å². The van der Waals surface area contributed by atoms with E-state index in [-0.39, 0.29) is 12.3 Å². The van der Waals surface area contributed by atoms with Gasteiger partial charge in [0.2, 0.25) is 5.91 Å². The SMILES string of the molecule is Cc1nn(CC(C)C)c(C)c1CC(=O)Nc1cc(Br)ccc1-n1cncn1. The fraction of sp³-hybridized carbons (Fsp3) is 0.368. The zero-order chi connectivity index (χ0) is 19.6. The Morgan fingerprint density at radius 3 is 2.74 bits per heavy atom. The number of rotatable bonds is 6. The highest BCUT2D eigenvalue weighted by Crippen LogP contribution is 2.25. The first-order valence-corrected chi connectivity index (χ1v) is 9.61. The second kappa shape index (κ2) is 8.04. The molecule has 0 radical (unpaired) electrons. The van der Waals surface area contributed by atoms with Gasteiger partial charge in [0.15, 0.2) is 0 Å². The average molecular weight is 431 g/mol. The van der Waals surface area contributed by atoms with Crippen molar-refractivity contribution >= 4 is 27.5 Å². The molecule has 7 nitrogen and oxygen atoms in total. The van der Waals surface area contributed by atoms with Crippen LogP contribution in [0, 0.1) is 19.8 Å². The summed E-state index contributed by atoms with van der Waals surface area (Å²) in [7, 11) is 0. The van der Waals surface area contributed by atoms with Gasteiger partial charge >= 0.3 is 0 Å². The molecule has 3 aromatic rings. The summed E-state index contributed by atoms with van der Waals surface area (Å²) < 4.78 is 4.49. The van der Waals surface area contributed by atoms with Crippen LogP contribution in [0.1, 0.15) is 30.8 Å². The number of aromatic nitrogens is 5. The molecule has 27 heavy (non-hydrogen) atoms. The van der Waals surface area contributed by atoms with Crippen LogP contribution in [0.15, 0.2) is 35.3 Å². The normalized spacial score (nSPS) is 11.2. The molecule has 0 fully saturated rings. The van der Waals surface area contributed by atoms with Crippen LogP contribution < -0.4 is 5.32 Å². The van der Waals surface area contributed by atoms with Gasteiger partial charge in [0.25, 0.3) is 0 Å². The van der Waals surface area contributed by atoms with E-state index in [0.717, 1.165) is 33.7 Å². The quantitative estimate of drug-likeness (QED) is 0.646. The van der Waals surface area contributed by atoms with E-state index >= 15 is 0 Å². The van der Waals surface area contributed by atoms with Gasteiger partial charge in [-0.05, 0) is 38.0 Å². The monoisotopic (exact) mass is 430 g/mol. The Kier molecular flexibility index (Phi) is 5.74. The molecular formula is C19H23BrN6O. The van der Waals surface area contributed by atoms with E-state index in [9.17, 15) is 4.79 Å². The fourth-order valence-corrected chi connectivity index (χ4v) is 3.37. The molecule has 1 N–H and O–H groups in total. The third-order valence-corrected chi connectivity index (χ3v) is 4.80. The average Bonchev–Trinajstić information content (AvgIpc) is 3.19. The number of aryl methyl sites for hydroxylation is 1. The highest BCUT2D eigenvalue weighted by Gasteiger charge is 2.17. The Morgan fingerprint density at radius 2 is 2.07 bits per heavy atom. The largest absolute Gasteiger partial charge is 0.324 e. The Hall–Kier alpha value is -2.48. The van der Waals surface area contributed by atoms with Crippen LogP contribution in [-0.2, 0) is 17.8 Å². The summed E-state index contributed by atoms with van der Waals surface area (Å²) in [6.45, 7) is 9.12. The third-order valence-electron chi connectivity index (χ3n) is 4.31. The van der Waals surface area contributed by atoms with Gasteiger partial charge in [-0.3, -0.25) is 9.48 Å². The van der Waals surface area contributed by atoms with Gasteiger partial charge in [-0.25, -0.2) is 9.67 Å². The first-order valence-electron chi connectivity index (χ1n) is 8.82. The summed E-state index contributed by atoms with van der Waals surface area (Å²) in [5, 5.41) is 11.7. The van der Waals surface area contributed by atoms with Crippen molar-refractivity contribution in [1.82, 2.24) is 24.5 Å². The van der Waals surface area contributed by atoms with Gasteiger partial charge in [0.05, 0.1) is 23.5 Å². The molecule has 3 rings (SSSR count). The van der Waals surface area contributed by atoms with Gasteiger partial charge in [-0.15, -0.1) is 0 Å². The van der Waals surface area contributed by atoms with E-state index in [1.54, 1.807) is 11.0 Å². The van der Waals surface area contributed by atoms with E-state index in [0.29, 0.717) is 11.6 Å². The first-order chi connectivity index (χ1) is 12.8. The lowest BCUT2D eigenvalue weighted by atomic mass is 10.1. The lowest BCUT2D eigenvalue weighted by molar-refractivity contribution is -0.115. The standard InChI is InChI=1S/C19H23BrN6O/c1-12(2)9-25-14(4)16(13(3)24-25)8-19(27)23-17-7-15(20)5-6-18(17)26-11-21-10-22-26/h5-7,10-12H,8-9H2,1-4H3,(H,23,27). The minimum Gasteiger partial charge on any atom is -0.324 e. The van der Waals surface area contributed by atoms with Crippen molar-refractivity contribution in [3.8, 4) is 5.69 Å². The van der Waals surface area contributed by atoms with Crippen molar-refractivity contribution in [2.24, 2.45) is 5.92 Å². The second-order valence-corrected chi connectivity index (χ2v) is 7.87. The van der Waals surface area contributed by atoms with Crippen LogP contribution in [0.3, 0.4) is 0 Å². The van der Waals surface area contributed by atoms with E-state index in [1.807, 2.05) is 36.7 Å². The zero-order valence-electron chi connectivity index (χ0n) is 15.9. The maximum Gasteiger partial charge on any atom is 0.228 e. The van der Waals surface area contributed by atoms with Crippen molar-refractivity contribution in [1.29, 1.82) is 0 Å². The van der Waals surface area contributed by atoms with Crippen LogP contribution in [0.2, 0.25) is 0 Å². The number of nitrogens with one attached hydrogen (secondary N) is 1. The number of hydrogen-bond donors (Lipinski definition) is 1. The van der Waals surface area contributed by atoms with Crippen molar-refractivity contribution in [2.45, 2.75) is 40.7 Å². The molecule has 2 heterocycles. The molecule has 0 spiro atoms. The molecular weight excluding hydrogens is 408 g/mol. The number of nitrogens with zero attached hydrogens (tertiary/aromatic N) is 5. The number of benzene rings is 1. The molecule has 0 atom stereocenters. The fourth-order valence-electron chi connectivity index (χ4n) is 3.01. The van der Waals surface area contributed by atoms with Gasteiger partial charge < -0.3 is 5.32 Å². The molecule has 0 aliphatic rings. The Labute approximate surface area is 166 Å². The minimum absolute atomic E-state index is 0.0928. The predicted molar refractivity (Wildman–Crippen MR) is 108 cm³/mol. The minimum atomic E-state index is -0.0928. The number of halogens is 1. The van der Waals surface area contributed by atoms with Crippen LogP contribution in [0.4, 0.5) is 5.69 Å². The molecule has 0 aliphatic carbocycles. The molecule has 2 aromatic heterocycles. The van der Waals surface area contributed by atoms with Crippen LogP contribution in [-0.4, -0.2) is 30.5 Å². The van der Waals surface area contributed by atoms with Crippen molar-refractivity contribution < 1.29 is 4.79 Å². The van der Waals surface area contributed by atoms with Gasteiger partial charge in [-0.2, -0.15) is 10.2 Å². The molecule has 142 valence electrons. The molecule has 0 saturated heterocycles. The summed E-state index contributed by atoms with van der Waals surface area (Å²) in [6.07, 6.45) is 3.34. The van der Waals surface area contributed by atoms with Crippen molar-refractivity contribution in [3.05, 3.63) is 52.3 Å². The van der Waals surface area contributed by atoms with Crippen molar-refractivity contribution in [2.75, 3.05) is 5.32 Å². The molecule has 0 aliphatic heterocycles. The summed E-state index contributed by atoms with van der Waals surface area (Å²) in [6, 6.07) is 5.64. The summed E-state index contributed by atoms with van der Waals surface area (Å²) >= 11 is 3.46. The van der Waals surface area contributed by atoms with Crippen LogP contribution in [0.5, 0.6) is 0 Å². The highest BCUT2D eigenvalue weighted by atomic mass is 79.9. The number of carbonyl (C=O) groups excluding carboxylic acids is 1. The number of anilines is 1. The second-order valence-electron chi connectivity index (χ2n) is 6.95. The molecule has 0 saturated carbocycles. The Balaban J connectivity index is 1.81. The van der Waals surface area contributed by atoms with E-state index < -0.39 is 0 Å². The molecule has 0 unspecified atom stereocenters. The summed E-state index contributed by atoms with van der Waals surface area (Å²) in [5.41, 5.74) is 4.35. The molecule has 8 heteroatoms. The predicted octanol–water partition coefficient (Wildman–Crippen LogP) is 3.68. The maximum absolute atomic E-state index is 12.7. The molecule has 1 aromatic carbocycles. The zero-order valence-corrected chi connectivity index (χ0v) is 17.5. The summed E-state index contributed by atoms with van der Waals surface area (Å²) in [4.78, 5) is 16.7. The topological polar surface area (TPSA) is 77.6 Å². The van der Waals surface area contributed by atoms with Crippen LogP contribution in [0.25, 0.3) is 5.69 Å². The lowest BCUT2D eigenvalue weighted by Gasteiger charge is -2.12. The maximum atomic E-state index is 12.7. The Bertz CT molecular complexity index is 946. The smallest absolute Gasteiger partial charge is 0.228 e. The van der Waals surface area contributed by atoms with Crippen LogP contribution >= 0.6 is 15.9 Å². The number of carbonyl (C=O) groups is 1. The Morgan fingerprint density at radius 1 is 1.30 bits per heavy atom. The van der Waals surface area contributed by atoms with Crippen molar-refractivity contribution in [3.63, 3.8) is 0 Å². The highest BCUT2D eigenvalue weighted by molar-refractivity contribution is 9.10. The van der Waals surface area contributed by atoms with Gasteiger partial charge in [0, 0.05) is 22.3 Å². The number of hydrogen-bond acceptors (Lipinski definition) is 4. The van der Waals surface area contributed by atoms with Gasteiger partial charge in [0.1, 0.15) is 12.7 Å². The number of amides is 1. The summed E-state index contributed by atoms with van der Waals surface area (Å²) in [5.74, 6) is 0.404. The van der Waals surface area contributed by atoms with E-state index in [2.05, 4.69) is 50.3 Å². The first kappa shape index (κ1) is 19.3. The van der Waals surface area contributed by atoms with Gasteiger partial charge in [-0.1, -0.05) is 29.8 Å². The third kappa shape index (κ3) is 4.44.